The van der Waals surface area contributed by atoms with Gasteiger partial charge in [-0.15, -0.1) is 0 Å². The van der Waals surface area contributed by atoms with Crippen molar-refractivity contribution in [3.05, 3.63) is 35.4 Å². The molecule has 0 saturated carbocycles. The number of hydrogen-bond acceptors (Lipinski definition) is 3. The number of aliphatic carboxylic acids is 1. The number of hydrogen-bond donors (Lipinski definition) is 2. The zero-order valence-electron chi connectivity index (χ0n) is 9.63. The Balaban J connectivity index is 2.04. The van der Waals surface area contributed by atoms with Crippen LogP contribution in [0.15, 0.2) is 24.3 Å². The molecule has 2 rings (SSSR count). The summed E-state index contributed by atoms with van der Waals surface area (Å²) < 4.78 is 5.34. The molecule has 4 nitrogen and oxygen atoms in total. The number of ether oxygens (including phenoxy) is 1. The molecule has 0 spiro atoms. The van der Waals surface area contributed by atoms with Crippen LogP contribution < -0.4 is 5.73 Å². The molecule has 0 bridgehead atoms. The van der Waals surface area contributed by atoms with Gasteiger partial charge in [-0.25, -0.2) is 0 Å². The van der Waals surface area contributed by atoms with Crippen molar-refractivity contribution in [2.45, 2.75) is 24.8 Å². The molecule has 1 fully saturated rings. The topological polar surface area (TPSA) is 72.6 Å². The summed E-state index contributed by atoms with van der Waals surface area (Å²) >= 11 is 0. The van der Waals surface area contributed by atoms with Crippen LogP contribution in [0.4, 0.5) is 0 Å². The average Bonchev–Trinajstić information content (AvgIpc) is 2.82. The quantitative estimate of drug-likeness (QED) is 0.832. The van der Waals surface area contributed by atoms with Crippen LogP contribution in [-0.4, -0.2) is 24.3 Å². The van der Waals surface area contributed by atoms with Gasteiger partial charge in [0.15, 0.2) is 0 Å². The van der Waals surface area contributed by atoms with Crippen molar-refractivity contribution in [2.24, 2.45) is 5.73 Å². The van der Waals surface area contributed by atoms with E-state index in [-0.39, 0.29) is 6.42 Å². The second-order valence-electron chi connectivity index (χ2n) is 4.43. The Morgan fingerprint density at radius 1 is 1.47 bits per heavy atom. The smallest absolute Gasteiger partial charge is 0.305 e. The number of nitrogens with two attached hydrogens (primary N) is 1. The summed E-state index contributed by atoms with van der Waals surface area (Å²) in [5, 5.41) is 8.68. The first-order valence-electron chi connectivity index (χ1n) is 5.82. The lowest BCUT2D eigenvalue weighted by atomic mass is 9.95. The highest BCUT2D eigenvalue weighted by atomic mass is 16.5. The Kier molecular flexibility index (Phi) is 3.76. The summed E-state index contributed by atoms with van der Waals surface area (Å²) in [6, 6.07) is 7.45. The van der Waals surface area contributed by atoms with Crippen molar-refractivity contribution in [1.29, 1.82) is 0 Å². The lowest BCUT2D eigenvalue weighted by Crippen LogP contribution is -2.15. The highest BCUT2D eigenvalue weighted by Crippen LogP contribution is 2.26. The minimum atomic E-state index is -0.870. The van der Waals surface area contributed by atoms with E-state index in [9.17, 15) is 4.79 Å². The van der Waals surface area contributed by atoms with E-state index in [0.29, 0.717) is 5.92 Å². The van der Waals surface area contributed by atoms with Gasteiger partial charge in [-0.2, -0.15) is 0 Å². The summed E-state index contributed by atoms with van der Waals surface area (Å²) in [5.74, 6) is -0.398. The summed E-state index contributed by atoms with van der Waals surface area (Å²) in [7, 11) is 0. The molecule has 0 aliphatic carbocycles. The fourth-order valence-corrected chi connectivity index (χ4v) is 2.12. The van der Waals surface area contributed by atoms with E-state index < -0.39 is 12.0 Å². The Morgan fingerprint density at radius 2 is 2.18 bits per heavy atom. The van der Waals surface area contributed by atoms with Crippen molar-refractivity contribution >= 4 is 5.97 Å². The highest BCUT2D eigenvalue weighted by Gasteiger charge is 2.18. The number of carbonyl (C=O) groups is 1. The normalized spacial score (nSPS) is 21.4. The Hall–Kier alpha value is -1.39. The molecule has 4 heteroatoms. The molecular formula is C13H17NO3. The van der Waals surface area contributed by atoms with Crippen LogP contribution >= 0.6 is 0 Å². The van der Waals surface area contributed by atoms with Crippen molar-refractivity contribution in [1.82, 2.24) is 0 Å². The summed E-state index contributed by atoms with van der Waals surface area (Å²) in [6.07, 6.45) is 1.02. The molecule has 1 aromatic rings. The van der Waals surface area contributed by atoms with Crippen LogP contribution in [0.5, 0.6) is 0 Å². The standard InChI is InChI=1S/C13H17NO3/c14-12(7-13(15)16)10-3-1-9(2-4-10)11-5-6-17-8-11/h1-4,11-12H,5-8,14H2,(H,15,16). The molecule has 0 radical (unpaired) electrons. The first kappa shape index (κ1) is 12.1. The maximum Gasteiger partial charge on any atom is 0.305 e. The predicted octanol–water partition coefficient (Wildman–Crippen LogP) is 1.66. The maximum absolute atomic E-state index is 10.6. The third-order valence-corrected chi connectivity index (χ3v) is 3.16. The molecule has 1 aromatic carbocycles. The van der Waals surface area contributed by atoms with Gasteiger partial charge in [0.25, 0.3) is 0 Å². The number of benzene rings is 1. The Labute approximate surface area is 100 Å². The molecule has 3 N–H and O–H groups in total. The van der Waals surface area contributed by atoms with Gasteiger partial charge in [-0.3, -0.25) is 4.79 Å². The zero-order chi connectivity index (χ0) is 12.3. The molecule has 92 valence electrons. The van der Waals surface area contributed by atoms with Crippen LogP contribution in [-0.2, 0) is 9.53 Å². The van der Waals surface area contributed by atoms with E-state index in [1.807, 2.05) is 24.3 Å². The minimum Gasteiger partial charge on any atom is -0.481 e. The van der Waals surface area contributed by atoms with Gasteiger partial charge in [0.1, 0.15) is 0 Å². The Bertz CT molecular complexity index is 382. The van der Waals surface area contributed by atoms with E-state index in [1.54, 1.807) is 0 Å². The van der Waals surface area contributed by atoms with Crippen molar-refractivity contribution in [3.8, 4) is 0 Å². The van der Waals surface area contributed by atoms with Crippen molar-refractivity contribution in [3.63, 3.8) is 0 Å². The maximum atomic E-state index is 10.6. The van der Waals surface area contributed by atoms with Gasteiger partial charge in [-0.1, -0.05) is 24.3 Å². The van der Waals surface area contributed by atoms with Crippen molar-refractivity contribution in [2.75, 3.05) is 13.2 Å². The molecule has 1 saturated heterocycles. The van der Waals surface area contributed by atoms with Gasteiger partial charge in [0, 0.05) is 18.6 Å². The molecular weight excluding hydrogens is 218 g/mol. The fourth-order valence-electron chi connectivity index (χ4n) is 2.12. The van der Waals surface area contributed by atoms with Crippen LogP contribution in [0.3, 0.4) is 0 Å². The first-order chi connectivity index (χ1) is 8.16. The first-order valence-corrected chi connectivity index (χ1v) is 5.82. The van der Waals surface area contributed by atoms with Gasteiger partial charge in [-0.05, 0) is 17.5 Å². The summed E-state index contributed by atoms with van der Waals surface area (Å²) in [4.78, 5) is 10.6. The van der Waals surface area contributed by atoms with Gasteiger partial charge in [0.05, 0.1) is 13.0 Å². The van der Waals surface area contributed by atoms with Gasteiger partial charge < -0.3 is 15.6 Å². The Morgan fingerprint density at radius 3 is 2.71 bits per heavy atom. The lowest BCUT2D eigenvalue weighted by Gasteiger charge is -2.12. The zero-order valence-corrected chi connectivity index (χ0v) is 9.63. The third kappa shape index (κ3) is 3.05. The average molecular weight is 235 g/mol. The molecule has 0 amide bonds. The monoisotopic (exact) mass is 235 g/mol. The van der Waals surface area contributed by atoms with E-state index in [0.717, 1.165) is 25.2 Å². The van der Waals surface area contributed by atoms with Crippen LogP contribution in [0, 0.1) is 0 Å². The molecule has 1 heterocycles. The second-order valence-corrected chi connectivity index (χ2v) is 4.43. The molecule has 1 aliphatic rings. The fraction of sp³-hybridized carbons (Fsp3) is 0.462. The number of carboxylic acids is 1. The number of carboxylic acid groups (broad SMARTS) is 1. The van der Waals surface area contributed by atoms with Crippen LogP contribution in [0.2, 0.25) is 0 Å². The predicted molar refractivity (Wildman–Crippen MR) is 63.8 cm³/mol. The molecule has 17 heavy (non-hydrogen) atoms. The second kappa shape index (κ2) is 5.29. The van der Waals surface area contributed by atoms with E-state index in [4.69, 9.17) is 15.6 Å². The molecule has 0 aromatic heterocycles. The molecule has 1 aliphatic heterocycles. The van der Waals surface area contributed by atoms with Crippen molar-refractivity contribution < 1.29 is 14.6 Å². The van der Waals surface area contributed by atoms with E-state index in [1.165, 1.54) is 5.56 Å². The molecule has 2 atom stereocenters. The number of rotatable bonds is 4. The minimum absolute atomic E-state index is 0.0358. The third-order valence-electron chi connectivity index (χ3n) is 3.16. The van der Waals surface area contributed by atoms with E-state index >= 15 is 0 Å². The molecule has 2 unspecified atom stereocenters. The van der Waals surface area contributed by atoms with Gasteiger partial charge in [0.2, 0.25) is 0 Å². The van der Waals surface area contributed by atoms with Crippen LogP contribution in [0.1, 0.15) is 35.9 Å². The van der Waals surface area contributed by atoms with Gasteiger partial charge >= 0.3 is 5.97 Å². The highest BCUT2D eigenvalue weighted by molar-refractivity contribution is 5.67. The summed E-state index contributed by atoms with van der Waals surface area (Å²) in [5.41, 5.74) is 7.91. The largest absolute Gasteiger partial charge is 0.481 e. The van der Waals surface area contributed by atoms with Crippen LogP contribution in [0.25, 0.3) is 0 Å². The SMILES string of the molecule is NC(CC(=O)O)c1ccc(C2CCOC2)cc1. The lowest BCUT2D eigenvalue weighted by molar-refractivity contribution is -0.137. The summed E-state index contributed by atoms with van der Waals surface area (Å²) in [6.45, 7) is 1.60. The van der Waals surface area contributed by atoms with E-state index in [2.05, 4.69) is 0 Å².